The van der Waals surface area contributed by atoms with Crippen LogP contribution in [0.2, 0.25) is 0 Å². The summed E-state index contributed by atoms with van der Waals surface area (Å²) in [4.78, 5) is 28.1. The van der Waals surface area contributed by atoms with Gasteiger partial charge in [0.15, 0.2) is 5.69 Å². The fourth-order valence-corrected chi connectivity index (χ4v) is 3.45. The number of halogens is 1. The first kappa shape index (κ1) is 21.6. The van der Waals surface area contributed by atoms with Gasteiger partial charge in [-0.15, -0.1) is 5.10 Å². The van der Waals surface area contributed by atoms with E-state index in [1.54, 1.807) is 5.38 Å². The molecule has 6 nitrogen and oxygen atoms in total. The lowest BCUT2D eigenvalue weighted by atomic mass is 10.0. The van der Waals surface area contributed by atoms with E-state index in [9.17, 15) is 14.0 Å². The van der Waals surface area contributed by atoms with Crippen LogP contribution in [0.5, 0.6) is 0 Å². The van der Waals surface area contributed by atoms with Crippen molar-refractivity contribution in [3.63, 3.8) is 0 Å². The van der Waals surface area contributed by atoms with Crippen molar-refractivity contribution in [1.29, 1.82) is 0 Å². The molecule has 0 aliphatic rings. The highest BCUT2D eigenvalue weighted by Crippen LogP contribution is 2.26. The lowest BCUT2D eigenvalue weighted by molar-refractivity contribution is -0.127. The maximum Gasteiger partial charge on any atom is 0.276 e. The Morgan fingerprint density at radius 1 is 1.10 bits per heavy atom. The van der Waals surface area contributed by atoms with E-state index < -0.39 is 23.3 Å². The summed E-state index contributed by atoms with van der Waals surface area (Å²) in [5, 5.41) is 8.37. The molecule has 156 valence electrons. The molecule has 1 heterocycles. The van der Waals surface area contributed by atoms with Crippen molar-refractivity contribution < 1.29 is 14.0 Å². The highest BCUT2D eigenvalue weighted by molar-refractivity contribution is 7.03. The van der Waals surface area contributed by atoms with Crippen LogP contribution in [0.25, 0.3) is 0 Å². The van der Waals surface area contributed by atoms with Crippen LogP contribution in [0.4, 0.5) is 4.39 Å². The van der Waals surface area contributed by atoms with Gasteiger partial charge in [-0.05, 0) is 55.6 Å². The molecule has 1 aromatic heterocycles. The summed E-state index contributed by atoms with van der Waals surface area (Å²) >= 11 is 1.06. The first-order valence-corrected chi connectivity index (χ1v) is 10.3. The van der Waals surface area contributed by atoms with Crippen molar-refractivity contribution in [2.75, 3.05) is 0 Å². The van der Waals surface area contributed by atoms with Gasteiger partial charge in [0.1, 0.15) is 11.9 Å². The van der Waals surface area contributed by atoms with Gasteiger partial charge in [-0.25, -0.2) is 4.39 Å². The van der Waals surface area contributed by atoms with Gasteiger partial charge in [-0.1, -0.05) is 47.0 Å². The smallest absolute Gasteiger partial charge is 0.276 e. The maximum absolute atomic E-state index is 13.6. The van der Waals surface area contributed by atoms with Crippen LogP contribution in [-0.2, 0) is 11.3 Å². The van der Waals surface area contributed by atoms with Crippen LogP contribution < -0.4 is 5.32 Å². The average Bonchev–Trinajstić information content (AvgIpc) is 3.22. The molecule has 0 fully saturated rings. The molecule has 0 aliphatic heterocycles. The van der Waals surface area contributed by atoms with E-state index in [0.717, 1.165) is 17.1 Å². The minimum absolute atomic E-state index is 0.159. The maximum atomic E-state index is 13.6. The third-order valence-corrected chi connectivity index (χ3v) is 4.78. The second kappa shape index (κ2) is 9.13. The number of nitrogens with one attached hydrogen (secondary N) is 1. The van der Waals surface area contributed by atoms with Crippen molar-refractivity contribution in [2.45, 2.75) is 38.9 Å². The van der Waals surface area contributed by atoms with E-state index in [-0.39, 0.29) is 18.1 Å². The summed E-state index contributed by atoms with van der Waals surface area (Å²) in [5.41, 5.74) is 1.00. The second-order valence-corrected chi connectivity index (χ2v) is 8.51. The van der Waals surface area contributed by atoms with Gasteiger partial charge in [-0.2, -0.15) is 0 Å². The number of carbonyl (C=O) groups is 2. The molecule has 0 spiro atoms. The summed E-state index contributed by atoms with van der Waals surface area (Å²) in [6, 6.07) is 14.0. The number of hydrogen-bond donors (Lipinski definition) is 1. The topological polar surface area (TPSA) is 75.2 Å². The van der Waals surface area contributed by atoms with E-state index in [2.05, 4.69) is 14.9 Å². The first-order chi connectivity index (χ1) is 14.2. The molecule has 0 saturated heterocycles. The van der Waals surface area contributed by atoms with Crippen molar-refractivity contribution in [3.05, 3.63) is 82.6 Å². The Kier molecular flexibility index (Phi) is 6.56. The largest absolute Gasteiger partial charge is 0.349 e. The van der Waals surface area contributed by atoms with E-state index in [1.165, 1.54) is 29.2 Å². The fraction of sp³-hybridized carbons (Fsp3) is 0.273. The molecule has 3 aromatic rings. The minimum atomic E-state index is -0.973. The van der Waals surface area contributed by atoms with E-state index in [0.29, 0.717) is 5.56 Å². The standard InChI is InChI=1S/C22H23FN4O2S/c1-22(2,3)24-20(28)19(16-9-11-17(23)12-10-16)27(13-15-7-5-4-6-8-15)21(29)18-14-30-26-25-18/h4-12,14,19H,13H2,1-3H3,(H,24,28)/t19-/m1/s1. The highest BCUT2D eigenvalue weighted by atomic mass is 32.1. The SMILES string of the molecule is CC(C)(C)NC(=O)[C@@H](c1ccc(F)cc1)N(Cc1ccccc1)C(=O)c1csnn1. The number of hydrogen-bond acceptors (Lipinski definition) is 5. The molecule has 1 atom stereocenters. The Hall–Kier alpha value is -3.13. The first-order valence-electron chi connectivity index (χ1n) is 9.44. The number of carbonyl (C=O) groups excluding carboxylic acids is 2. The minimum Gasteiger partial charge on any atom is -0.349 e. The summed E-state index contributed by atoms with van der Waals surface area (Å²) in [7, 11) is 0. The molecule has 8 heteroatoms. The molecule has 0 radical (unpaired) electrons. The molecular formula is C22H23FN4O2S. The zero-order chi connectivity index (χ0) is 21.7. The van der Waals surface area contributed by atoms with Gasteiger partial charge in [-0.3, -0.25) is 9.59 Å². The lowest BCUT2D eigenvalue weighted by Gasteiger charge is -2.33. The summed E-state index contributed by atoms with van der Waals surface area (Å²) in [6.45, 7) is 5.76. The quantitative estimate of drug-likeness (QED) is 0.647. The Labute approximate surface area is 178 Å². The third kappa shape index (κ3) is 5.48. The number of aromatic nitrogens is 2. The van der Waals surface area contributed by atoms with Crippen molar-refractivity contribution in [1.82, 2.24) is 19.8 Å². The molecule has 1 N–H and O–H groups in total. The van der Waals surface area contributed by atoms with E-state index in [4.69, 9.17) is 0 Å². The van der Waals surface area contributed by atoms with Crippen LogP contribution in [-0.4, -0.2) is 31.8 Å². The molecule has 0 aliphatic carbocycles. The molecule has 2 aromatic carbocycles. The Morgan fingerprint density at radius 3 is 2.33 bits per heavy atom. The molecule has 0 bridgehead atoms. The van der Waals surface area contributed by atoms with Crippen LogP contribution in [0.3, 0.4) is 0 Å². The Morgan fingerprint density at radius 2 is 1.77 bits per heavy atom. The van der Waals surface area contributed by atoms with Crippen LogP contribution in [0.1, 0.15) is 48.4 Å². The number of benzene rings is 2. The molecule has 3 rings (SSSR count). The monoisotopic (exact) mass is 426 g/mol. The van der Waals surface area contributed by atoms with E-state index in [1.807, 2.05) is 51.1 Å². The predicted octanol–water partition coefficient (Wildman–Crippen LogP) is 3.98. The van der Waals surface area contributed by atoms with Crippen molar-refractivity contribution >= 4 is 23.3 Å². The Balaban J connectivity index is 2.07. The van der Waals surface area contributed by atoms with Crippen LogP contribution in [0.15, 0.2) is 60.0 Å². The molecule has 2 amide bonds. The van der Waals surface area contributed by atoms with Crippen LogP contribution in [0, 0.1) is 5.82 Å². The van der Waals surface area contributed by atoms with Gasteiger partial charge < -0.3 is 10.2 Å². The zero-order valence-electron chi connectivity index (χ0n) is 17.0. The molecular weight excluding hydrogens is 403 g/mol. The third-order valence-electron chi connectivity index (χ3n) is 4.28. The van der Waals surface area contributed by atoms with Crippen molar-refractivity contribution in [2.24, 2.45) is 0 Å². The summed E-state index contributed by atoms with van der Waals surface area (Å²) < 4.78 is 17.3. The lowest BCUT2D eigenvalue weighted by Crippen LogP contribution is -2.49. The van der Waals surface area contributed by atoms with Gasteiger partial charge in [0.05, 0.1) is 0 Å². The average molecular weight is 427 g/mol. The number of amides is 2. The van der Waals surface area contributed by atoms with Gasteiger partial charge in [0.2, 0.25) is 5.91 Å². The summed E-state index contributed by atoms with van der Waals surface area (Å²) in [5.74, 6) is -1.20. The fourth-order valence-electron chi connectivity index (χ4n) is 3.02. The summed E-state index contributed by atoms with van der Waals surface area (Å²) in [6.07, 6.45) is 0. The number of rotatable bonds is 6. The predicted molar refractivity (Wildman–Crippen MR) is 113 cm³/mol. The zero-order valence-corrected chi connectivity index (χ0v) is 17.8. The molecule has 0 unspecified atom stereocenters. The molecule has 30 heavy (non-hydrogen) atoms. The Bertz CT molecular complexity index is 986. The van der Waals surface area contributed by atoms with Gasteiger partial charge >= 0.3 is 0 Å². The molecule has 0 saturated carbocycles. The second-order valence-electron chi connectivity index (χ2n) is 7.90. The van der Waals surface area contributed by atoms with Crippen molar-refractivity contribution in [3.8, 4) is 0 Å². The van der Waals surface area contributed by atoms with Gasteiger partial charge in [0, 0.05) is 17.5 Å². The normalized spacial score (nSPS) is 12.3. The van der Waals surface area contributed by atoms with Gasteiger partial charge in [0.25, 0.3) is 5.91 Å². The van der Waals surface area contributed by atoms with Crippen LogP contribution >= 0.6 is 11.5 Å². The highest BCUT2D eigenvalue weighted by Gasteiger charge is 2.34. The van der Waals surface area contributed by atoms with E-state index >= 15 is 0 Å². The number of nitrogens with zero attached hydrogens (tertiary/aromatic N) is 3.